The van der Waals surface area contributed by atoms with Gasteiger partial charge in [0, 0.05) is 19.2 Å². The second kappa shape index (κ2) is 9.70. The molecule has 1 fully saturated rings. The van der Waals surface area contributed by atoms with E-state index >= 15 is 0 Å². The van der Waals surface area contributed by atoms with Crippen LogP contribution in [0.5, 0.6) is 0 Å². The topological polar surface area (TPSA) is 81.7 Å². The SMILES string of the molecule is CCCNS(=O)(=O)c1ccc(/C=C/C(=O)OCC2CCCCO2)cc1. The molecule has 0 saturated carbocycles. The van der Waals surface area contributed by atoms with Crippen molar-refractivity contribution in [1.29, 1.82) is 0 Å². The van der Waals surface area contributed by atoms with Gasteiger partial charge in [-0.3, -0.25) is 0 Å². The fraction of sp³-hybridized carbons (Fsp3) is 0.500. The number of rotatable bonds is 8. The van der Waals surface area contributed by atoms with Crippen LogP contribution in [0.2, 0.25) is 0 Å². The molecule has 25 heavy (non-hydrogen) atoms. The number of benzene rings is 1. The van der Waals surface area contributed by atoms with Gasteiger partial charge in [0.15, 0.2) is 0 Å². The van der Waals surface area contributed by atoms with Gasteiger partial charge in [-0.25, -0.2) is 17.9 Å². The number of carbonyl (C=O) groups is 1. The standard InChI is InChI=1S/C18H25NO5S/c1-2-12-19-25(21,22)17-9-6-15(7-10-17)8-11-18(20)24-14-16-5-3-4-13-23-16/h6-11,16,19H,2-5,12-14H2,1H3/b11-8+. The highest BCUT2D eigenvalue weighted by molar-refractivity contribution is 7.89. The predicted molar refractivity (Wildman–Crippen MR) is 95.5 cm³/mol. The quantitative estimate of drug-likeness (QED) is 0.564. The lowest BCUT2D eigenvalue weighted by molar-refractivity contribution is -0.143. The Morgan fingerprint density at radius 1 is 1.32 bits per heavy atom. The first kappa shape index (κ1) is 19.6. The lowest BCUT2D eigenvalue weighted by atomic mass is 10.1. The molecule has 2 rings (SSSR count). The van der Waals surface area contributed by atoms with Crippen molar-refractivity contribution in [1.82, 2.24) is 4.72 Å². The van der Waals surface area contributed by atoms with Crippen LogP contribution < -0.4 is 4.72 Å². The van der Waals surface area contributed by atoms with E-state index in [1.165, 1.54) is 18.2 Å². The highest BCUT2D eigenvalue weighted by atomic mass is 32.2. The average molecular weight is 367 g/mol. The number of hydrogen-bond acceptors (Lipinski definition) is 5. The van der Waals surface area contributed by atoms with E-state index in [1.807, 2.05) is 6.92 Å². The van der Waals surface area contributed by atoms with Crippen LogP contribution in [-0.4, -0.2) is 40.2 Å². The number of ether oxygens (including phenoxy) is 2. The van der Waals surface area contributed by atoms with Gasteiger partial charge in [0.1, 0.15) is 6.61 Å². The molecule has 1 saturated heterocycles. The van der Waals surface area contributed by atoms with Gasteiger partial charge < -0.3 is 9.47 Å². The van der Waals surface area contributed by atoms with Crippen molar-refractivity contribution in [3.05, 3.63) is 35.9 Å². The first-order chi connectivity index (χ1) is 12.0. The number of carbonyl (C=O) groups excluding carboxylic acids is 1. The van der Waals surface area contributed by atoms with Gasteiger partial charge in [-0.05, 0) is 49.5 Å². The normalized spacial score (nSPS) is 18.4. The molecule has 6 nitrogen and oxygen atoms in total. The molecule has 0 radical (unpaired) electrons. The zero-order valence-electron chi connectivity index (χ0n) is 14.4. The van der Waals surface area contributed by atoms with E-state index in [-0.39, 0.29) is 17.6 Å². The zero-order chi connectivity index (χ0) is 18.1. The van der Waals surface area contributed by atoms with Crippen molar-refractivity contribution in [2.45, 2.75) is 43.6 Å². The van der Waals surface area contributed by atoms with Gasteiger partial charge in [0.05, 0.1) is 11.0 Å². The minimum atomic E-state index is -3.47. The summed E-state index contributed by atoms with van der Waals surface area (Å²) in [5, 5.41) is 0. The second-order valence-corrected chi connectivity index (χ2v) is 7.69. The first-order valence-corrected chi connectivity index (χ1v) is 10.1. The van der Waals surface area contributed by atoms with E-state index in [2.05, 4.69) is 4.72 Å². The summed E-state index contributed by atoms with van der Waals surface area (Å²) >= 11 is 0. The zero-order valence-corrected chi connectivity index (χ0v) is 15.3. The molecule has 7 heteroatoms. The third-order valence-electron chi connectivity index (χ3n) is 3.83. The summed E-state index contributed by atoms with van der Waals surface area (Å²) in [5.41, 5.74) is 0.723. The number of hydrogen-bond donors (Lipinski definition) is 1. The summed E-state index contributed by atoms with van der Waals surface area (Å²) in [5.74, 6) is -0.435. The third kappa shape index (κ3) is 6.61. The average Bonchev–Trinajstić information content (AvgIpc) is 2.64. The molecule has 1 aliphatic rings. The molecular formula is C18H25NO5S. The van der Waals surface area contributed by atoms with Crippen molar-refractivity contribution in [3.63, 3.8) is 0 Å². The Kier molecular flexibility index (Phi) is 7.61. The van der Waals surface area contributed by atoms with E-state index < -0.39 is 16.0 Å². The predicted octanol–water partition coefficient (Wildman–Crippen LogP) is 2.50. The van der Waals surface area contributed by atoms with Crippen LogP contribution in [0.1, 0.15) is 38.2 Å². The summed E-state index contributed by atoms with van der Waals surface area (Å²) in [7, 11) is -3.47. The van der Waals surface area contributed by atoms with Crippen molar-refractivity contribution in [2.75, 3.05) is 19.8 Å². The molecule has 0 amide bonds. The largest absolute Gasteiger partial charge is 0.460 e. The Hall–Kier alpha value is -1.70. The maximum atomic E-state index is 12.0. The lowest BCUT2D eigenvalue weighted by Crippen LogP contribution is -2.25. The van der Waals surface area contributed by atoms with Crippen molar-refractivity contribution in [3.8, 4) is 0 Å². The number of esters is 1. The summed E-state index contributed by atoms with van der Waals surface area (Å²) in [6, 6.07) is 6.32. The molecule has 0 spiro atoms. The third-order valence-corrected chi connectivity index (χ3v) is 5.31. The van der Waals surface area contributed by atoms with Crippen LogP contribution in [0, 0.1) is 0 Å². The van der Waals surface area contributed by atoms with Gasteiger partial charge in [-0.15, -0.1) is 0 Å². The molecule has 1 atom stereocenters. The van der Waals surface area contributed by atoms with E-state index in [1.54, 1.807) is 18.2 Å². The van der Waals surface area contributed by atoms with Crippen molar-refractivity contribution >= 4 is 22.1 Å². The van der Waals surface area contributed by atoms with Crippen LogP contribution in [0.4, 0.5) is 0 Å². The lowest BCUT2D eigenvalue weighted by Gasteiger charge is -2.21. The monoisotopic (exact) mass is 367 g/mol. The summed E-state index contributed by atoms with van der Waals surface area (Å²) < 4.78 is 37.2. The van der Waals surface area contributed by atoms with Crippen LogP contribution in [-0.2, 0) is 24.3 Å². The molecule has 1 heterocycles. The van der Waals surface area contributed by atoms with Gasteiger partial charge in [0.2, 0.25) is 10.0 Å². The fourth-order valence-corrected chi connectivity index (χ4v) is 3.54. The summed E-state index contributed by atoms with van der Waals surface area (Å²) in [6.07, 6.45) is 6.73. The minimum absolute atomic E-state index is 0.00814. The smallest absolute Gasteiger partial charge is 0.330 e. The number of sulfonamides is 1. The number of nitrogens with one attached hydrogen (secondary N) is 1. The van der Waals surface area contributed by atoms with E-state index in [9.17, 15) is 13.2 Å². The van der Waals surface area contributed by atoms with Gasteiger partial charge in [0.25, 0.3) is 0 Å². The molecule has 1 unspecified atom stereocenters. The molecule has 1 N–H and O–H groups in total. The van der Waals surface area contributed by atoms with Crippen LogP contribution in [0.15, 0.2) is 35.2 Å². The maximum Gasteiger partial charge on any atom is 0.330 e. The Balaban J connectivity index is 1.85. The first-order valence-electron chi connectivity index (χ1n) is 8.57. The van der Waals surface area contributed by atoms with Crippen LogP contribution in [0.25, 0.3) is 6.08 Å². The summed E-state index contributed by atoms with van der Waals surface area (Å²) in [6.45, 7) is 3.29. The molecule has 1 aromatic rings. The van der Waals surface area contributed by atoms with Gasteiger partial charge in [-0.1, -0.05) is 19.1 Å². The van der Waals surface area contributed by atoms with Crippen LogP contribution >= 0.6 is 0 Å². The minimum Gasteiger partial charge on any atom is -0.460 e. The highest BCUT2D eigenvalue weighted by Gasteiger charge is 2.15. The van der Waals surface area contributed by atoms with Crippen LogP contribution in [0.3, 0.4) is 0 Å². The molecule has 138 valence electrons. The van der Waals surface area contributed by atoms with Crippen molar-refractivity contribution < 1.29 is 22.7 Å². The molecule has 0 aliphatic carbocycles. The van der Waals surface area contributed by atoms with E-state index in [0.717, 1.165) is 37.9 Å². The Morgan fingerprint density at radius 2 is 2.08 bits per heavy atom. The van der Waals surface area contributed by atoms with E-state index in [4.69, 9.17) is 9.47 Å². The second-order valence-electron chi connectivity index (χ2n) is 5.92. The highest BCUT2D eigenvalue weighted by Crippen LogP contribution is 2.14. The molecule has 0 bridgehead atoms. The van der Waals surface area contributed by atoms with Gasteiger partial charge >= 0.3 is 5.97 Å². The molecule has 1 aromatic carbocycles. The van der Waals surface area contributed by atoms with Gasteiger partial charge in [-0.2, -0.15) is 0 Å². The van der Waals surface area contributed by atoms with E-state index in [0.29, 0.717) is 6.54 Å². The Bertz CT molecular complexity index is 676. The molecular weight excluding hydrogens is 342 g/mol. The summed E-state index contributed by atoms with van der Waals surface area (Å²) in [4.78, 5) is 11.9. The maximum absolute atomic E-state index is 12.0. The molecule has 1 aliphatic heterocycles. The fourth-order valence-electron chi connectivity index (χ4n) is 2.40. The Morgan fingerprint density at radius 3 is 2.72 bits per heavy atom. The van der Waals surface area contributed by atoms with Crippen molar-refractivity contribution in [2.24, 2.45) is 0 Å². The molecule has 0 aromatic heterocycles. The Labute approximate surface area is 149 Å².